The maximum Gasteiger partial charge on any atom is 0.239 e. The highest BCUT2D eigenvalue weighted by atomic mass is 16.2. The van der Waals surface area contributed by atoms with E-state index in [1.807, 2.05) is 20.9 Å². The number of aryl methyl sites for hydroxylation is 1. The molecule has 1 saturated carbocycles. The maximum atomic E-state index is 12.0. The largest absolute Gasteiger partial charge is 0.348 e. The highest BCUT2D eigenvalue weighted by Gasteiger charge is 2.18. The Kier molecular flexibility index (Phi) is 6.19. The van der Waals surface area contributed by atoms with E-state index in [9.17, 15) is 9.59 Å². The summed E-state index contributed by atoms with van der Waals surface area (Å²) in [5.41, 5.74) is 2.02. The Morgan fingerprint density at radius 1 is 1.30 bits per heavy atom. The molecule has 0 unspecified atom stereocenters. The first-order valence-electron chi connectivity index (χ1n) is 8.52. The zero-order valence-corrected chi connectivity index (χ0v) is 14.4. The highest BCUT2D eigenvalue weighted by Crippen LogP contribution is 2.26. The van der Waals surface area contributed by atoms with Gasteiger partial charge in [0.05, 0.1) is 18.8 Å². The smallest absolute Gasteiger partial charge is 0.239 e. The Labute approximate surface area is 138 Å². The Morgan fingerprint density at radius 3 is 2.61 bits per heavy atom. The standard InChI is InChI=1S/C17H28N4O2/c1-12(15-10-19-21(3)13(15)2)20-17(23)11-18-16(22)9-14-7-5-4-6-8-14/h10,12,14H,4-9,11H2,1-3H3,(H,18,22)(H,20,23)/t12-/m0/s1. The first-order chi connectivity index (χ1) is 11.0. The number of nitrogens with zero attached hydrogens (tertiary/aromatic N) is 2. The lowest BCUT2D eigenvalue weighted by atomic mass is 9.87. The normalized spacial score (nSPS) is 16.8. The Hall–Kier alpha value is -1.85. The molecule has 6 heteroatoms. The fourth-order valence-electron chi connectivity index (χ4n) is 3.22. The van der Waals surface area contributed by atoms with E-state index in [-0.39, 0.29) is 24.4 Å². The van der Waals surface area contributed by atoms with Gasteiger partial charge in [0, 0.05) is 24.7 Å². The van der Waals surface area contributed by atoms with Crippen LogP contribution in [0.1, 0.15) is 62.7 Å². The third-order valence-electron chi connectivity index (χ3n) is 4.76. The molecule has 0 radical (unpaired) electrons. The number of aromatic nitrogens is 2. The molecule has 6 nitrogen and oxygen atoms in total. The molecule has 0 aromatic carbocycles. The van der Waals surface area contributed by atoms with Crippen molar-refractivity contribution in [2.75, 3.05) is 6.54 Å². The number of rotatable bonds is 6. The van der Waals surface area contributed by atoms with Crippen LogP contribution in [0.3, 0.4) is 0 Å². The summed E-state index contributed by atoms with van der Waals surface area (Å²) in [5, 5.41) is 9.82. The molecule has 2 amide bonds. The predicted molar refractivity (Wildman–Crippen MR) is 88.7 cm³/mol. The Bertz CT molecular complexity index is 547. The van der Waals surface area contributed by atoms with Crippen molar-refractivity contribution < 1.29 is 9.59 Å². The fraction of sp³-hybridized carbons (Fsp3) is 0.706. The van der Waals surface area contributed by atoms with E-state index in [0.29, 0.717) is 12.3 Å². The molecule has 1 aliphatic carbocycles. The molecule has 2 N–H and O–H groups in total. The minimum Gasteiger partial charge on any atom is -0.348 e. The van der Waals surface area contributed by atoms with Crippen molar-refractivity contribution in [1.82, 2.24) is 20.4 Å². The van der Waals surface area contributed by atoms with Crippen LogP contribution in [0.2, 0.25) is 0 Å². The van der Waals surface area contributed by atoms with Crippen molar-refractivity contribution in [2.24, 2.45) is 13.0 Å². The third-order valence-corrected chi connectivity index (χ3v) is 4.76. The molecule has 128 valence electrons. The van der Waals surface area contributed by atoms with Gasteiger partial charge in [0.2, 0.25) is 11.8 Å². The van der Waals surface area contributed by atoms with Crippen LogP contribution < -0.4 is 10.6 Å². The van der Waals surface area contributed by atoms with Gasteiger partial charge in [-0.1, -0.05) is 19.3 Å². The van der Waals surface area contributed by atoms with E-state index in [4.69, 9.17) is 0 Å². The van der Waals surface area contributed by atoms with Gasteiger partial charge in [-0.25, -0.2) is 0 Å². The van der Waals surface area contributed by atoms with E-state index in [1.165, 1.54) is 19.3 Å². The molecule has 2 rings (SSSR count). The van der Waals surface area contributed by atoms with Crippen molar-refractivity contribution in [1.29, 1.82) is 0 Å². The molecule has 0 saturated heterocycles. The van der Waals surface area contributed by atoms with Crippen LogP contribution in [-0.4, -0.2) is 28.1 Å². The zero-order valence-electron chi connectivity index (χ0n) is 14.4. The SMILES string of the molecule is Cc1c([C@H](C)NC(=O)CNC(=O)CC2CCCCC2)cnn1C. The van der Waals surface area contributed by atoms with Crippen molar-refractivity contribution in [3.05, 3.63) is 17.5 Å². The molecule has 1 aromatic heterocycles. The van der Waals surface area contributed by atoms with Crippen molar-refractivity contribution in [2.45, 2.75) is 58.4 Å². The van der Waals surface area contributed by atoms with Gasteiger partial charge in [0.25, 0.3) is 0 Å². The summed E-state index contributed by atoms with van der Waals surface area (Å²) >= 11 is 0. The highest BCUT2D eigenvalue weighted by molar-refractivity contribution is 5.84. The van der Waals surface area contributed by atoms with Crippen LogP contribution in [0.5, 0.6) is 0 Å². The summed E-state index contributed by atoms with van der Waals surface area (Å²) in [6.07, 6.45) is 8.31. The minimum atomic E-state index is -0.169. The maximum absolute atomic E-state index is 12.0. The summed E-state index contributed by atoms with van der Waals surface area (Å²) < 4.78 is 1.78. The van der Waals surface area contributed by atoms with Gasteiger partial charge in [0.1, 0.15) is 0 Å². The van der Waals surface area contributed by atoms with E-state index < -0.39 is 0 Å². The number of carbonyl (C=O) groups is 2. The zero-order chi connectivity index (χ0) is 16.8. The lowest BCUT2D eigenvalue weighted by Gasteiger charge is -2.21. The molecule has 0 spiro atoms. The van der Waals surface area contributed by atoms with Crippen molar-refractivity contribution in [3.8, 4) is 0 Å². The fourth-order valence-corrected chi connectivity index (χ4v) is 3.22. The van der Waals surface area contributed by atoms with Crippen LogP contribution in [0.15, 0.2) is 6.20 Å². The summed E-state index contributed by atoms with van der Waals surface area (Å²) in [6, 6.07) is -0.119. The molecule has 1 fully saturated rings. The summed E-state index contributed by atoms with van der Waals surface area (Å²) in [4.78, 5) is 23.9. The van der Waals surface area contributed by atoms with Gasteiger partial charge in [-0.15, -0.1) is 0 Å². The molecule has 1 aromatic rings. The Morgan fingerprint density at radius 2 is 2.00 bits per heavy atom. The Balaban J connectivity index is 1.71. The molecule has 23 heavy (non-hydrogen) atoms. The molecular weight excluding hydrogens is 292 g/mol. The molecule has 1 atom stereocenters. The monoisotopic (exact) mass is 320 g/mol. The minimum absolute atomic E-state index is 0.0164. The van der Waals surface area contributed by atoms with Crippen molar-refractivity contribution >= 4 is 11.8 Å². The second-order valence-electron chi connectivity index (χ2n) is 6.58. The number of hydrogen-bond acceptors (Lipinski definition) is 3. The van der Waals surface area contributed by atoms with E-state index >= 15 is 0 Å². The van der Waals surface area contributed by atoms with Crippen LogP contribution in [0.25, 0.3) is 0 Å². The van der Waals surface area contributed by atoms with Crippen LogP contribution >= 0.6 is 0 Å². The summed E-state index contributed by atoms with van der Waals surface area (Å²) in [6.45, 7) is 3.93. The quantitative estimate of drug-likeness (QED) is 0.841. The van der Waals surface area contributed by atoms with Crippen LogP contribution in [0.4, 0.5) is 0 Å². The molecule has 0 bridgehead atoms. The number of nitrogens with one attached hydrogen (secondary N) is 2. The van der Waals surface area contributed by atoms with Gasteiger partial charge in [-0.2, -0.15) is 5.10 Å². The predicted octanol–water partition coefficient (Wildman–Crippen LogP) is 1.99. The van der Waals surface area contributed by atoms with Gasteiger partial charge < -0.3 is 10.6 Å². The first kappa shape index (κ1) is 17.5. The van der Waals surface area contributed by atoms with Crippen LogP contribution in [-0.2, 0) is 16.6 Å². The second kappa shape index (κ2) is 8.13. The lowest BCUT2D eigenvalue weighted by molar-refractivity contribution is -0.127. The van der Waals surface area contributed by atoms with E-state index in [2.05, 4.69) is 15.7 Å². The van der Waals surface area contributed by atoms with E-state index in [1.54, 1.807) is 10.9 Å². The number of carbonyl (C=O) groups excluding carboxylic acids is 2. The van der Waals surface area contributed by atoms with Gasteiger partial charge in [-0.05, 0) is 32.6 Å². The summed E-state index contributed by atoms with van der Waals surface area (Å²) in [5.74, 6) is 0.304. The molecular formula is C17H28N4O2. The van der Waals surface area contributed by atoms with Crippen molar-refractivity contribution in [3.63, 3.8) is 0 Å². The van der Waals surface area contributed by atoms with Crippen LogP contribution in [0, 0.1) is 12.8 Å². The number of hydrogen-bond donors (Lipinski definition) is 2. The number of amides is 2. The van der Waals surface area contributed by atoms with E-state index in [0.717, 1.165) is 24.1 Å². The topological polar surface area (TPSA) is 76.0 Å². The lowest BCUT2D eigenvalue weighted by Crippen LogP contribution is -2.38. The molecule has 1 aliphatic rings. The second-order valence-corrected chi connectivity index (χ2v) is 6.58. The molecule has 1 heterocycles. The van der Waals surface area contributed by atoms with Gasteiger partial charge in [-0.3, -0.25) is 14.3 Å². The average molecular weight is 320 g/mol. The van der Waals surface area contributed by atoms with Gasteiger partial charge in [0.15, 0.2) is 0 Å². The summed E-state index contributed by atoms with van der Waals surface area (Å²) in [7, 11) is 1.87. The van der Waals surface area contributed by atoms with Gasteiger partial charge >= 0.3 is 0 Å². The first-order valence-corrected chi connectivity index (χ1v) is 8.52. The average Bonchev–Trinajstić information content (AvgIpc) is 2.86. The third kappa shape index (κ3) is 5.08. The molecule has 0 aliphatic heterocycles.